The van der Waals surface area contributed by atoms with Crippen molar-refractivity contribution >= 4 is 52.0 Å². The van der Waals surface area contributed by atoms with Gasteiger partial charge in [-0.1, -0.05) is 77.8 Å². The minimum absolute atomic E-state index is 0.147. The Morgan fingerprint density at radius 2 is 1.59 bits per heavy atom. The van der Waals surface area contributed by atoms with E-state index in [2.05, 4.69) is 29.4 Å². The number of benzene rings is 3. The molecule has 0 N–H and O–H groups in total. The number of nitrogens with zero attached hydrogens (tertiary/aromatic N) is 2. The highest BCUT2D eigenvalue weighted by atomic mass is 35.5. The highest BCUT2D eigenvalue weighted by molar-refractivity contribution is 6.37. The number of fused-ring (bicyclic) bond motifs is 6. The molecule has 5 nitrogen and oxygen atoms in total. The lowest BCUT2D eigenvalue weighted by atomic mass is 9.85. The summed E-state index contributed by atoms with van der Waals surface area (Å²) in [6.45, 7) is 0.310. The number of amides is 2. The van der Waals surface area contributed by atoms with Crippen molar-refractivity contribution in [2.45, 2.75) is 13.0 Å². The van der Waals surface area contributed by atoms with Crippen LogP contribution in [0.25, 0.3) is 10.8 Å². The molecule has 0 aromatic heterocycles. The largest absolute Gasteiger partial charge is 0.486 e. The number of hydrazone groups is 1. The quantitative estimate of drug-likeness (QED) is 0.255. The highest BCUT2D eigenvalue weighted by Crippen LogP contribution is 2.52. The summed E-state index contributed by atoms with van der Waals surface area (Å²) in [5, 5.41) is 8.10. The molecule has 0 radical (unpaired) electrons. The minimum Gasteiger partial charge on any atom is -0.486 e. The Balaban J connectivity index is 1.19. The molecule has 1 aliphatic heterocycles. The number of carbonyl (C=O) groups is 2. The smallest absolute Gasteiger partial charge is 0.254 e. The normalized spacial score (nSPS) is 25.2. The number of halogens is 2. The molecule has 2 amide bonds. The van der Waals surface area contributed by atoms with Crippen molar-refractivity contribution in [1.82, 2.24) is 5.01 Å². The van der Waals surface area contributed by atoms with Gasteiger partial charge in [0.1, 0.15) is 6.61 Å². The predicted molar refractivity (Wildman–Crippen MR) is 132 cm³/mol. The molecular formula is C27H20Cl2N2O3. The van der Waals surface area contributed by atoms with Crippen LogP contribution in [0.1, 0.15) is 17.5 Å². The van der Waals surface area contributed by atoms with Crippen LogP contribution < -0.4 is 4.74 Å². The summed E-state index contributed by atoms with van der Waals surface area (Å²) in [5.74, 6) is -0.347. The first-order valence-electron chi connectivity index (χ1n) is 11.2. The second kappa shape index (κ2) is 8.26. The molecule has 1 saturated heterocycles. The topological polar surface area (TPSA) is 59.0 Å². The van der Waals surface area contributed by atoms with Crippen LogP contribution in [-0.2, 0) is 16.2 Å². The van der Waals surface area contributed by atoms with Gasteiger partial charge in [-0.25, -0.2) is 0 Å². The lowest BCUT2D eigenvalue weighted by Crippen LogP contribution is -2.28. The number of hydrogen-bond acceptors (Lipinski definition) is 4. The third-order valence-corrected chi connectivity index (χ3v) is 7.60. The number of allylic oxidation sites excluding steroid dienone is 2. The Hall–Kier alpha value is -3.15. The van der Waals surface area contributed by atoms with Crippen molar-refractivity contribution in [2.24, 2.45) is 28.8 Å². The van der Waals surface area contributed by atoms with E-state index in [4.69, 9.17) is 27.9 Å². The summed E-state index contributed by atoms with van der Waals surface area (Å²) in [6, 6.07) is 17.5. The molecule has 3 aromatic rings. The molecule has 1 saturated carbocycles. The Morgan fingerprint density at radius 3 is 2.29 bits per heavy atom. The molecule has 6 rings (SSSR count). The maximum absolute atomic E-state index is 12.8. The number of ether oxygens (including phenoxy) is 1. The first-order chi connectivity index (χ1) is 16.5. The minimum atomic E-state index is -0.281. The van der Waals surface area contributed by atoms with Gasteiger partial charge in [-0.2, -0.15) is 10.1 Å². The molecule has 2 aliphatic carbocycles. The van der Waals surface area contributed by atoms with E-state index in [1.54, 1.807) is 12.1 Å². The number of carbonyl (C=O) groups excluding carboxylic acids is 2. The number of rotatable bonds is 5. The molecule has 0 unspecified atom stereocenters. The molecule has 2 fully saturated rings. The Bertz CT molecular complexity index is 1340. The fraction of sp³-hybridized carbons (Fsp3) is 0.222. The van der Waals surface area contributed by atoms with Crippen LogP contribution in [0.5, 0.6) is 5.75 Å². The average molecular weight is 491 g/mol. The fourth-order valence-electron chi connectivity index (χ4n) is 5.48. The standard InChI is InChI=1S/C27H20Cl2N2O3/c28-21-10-15(13-30-31-26(32)23-17-8-9-18(12-17)24(23)27(31)33)11-22(29)25(21)34-14-19-6-3-5-16-4-1-2-7-20(16)19/h1-11,13,17-18,23-24H,12,14H2/t17-,18-,23-,24+/m0/s1. The van der Waals surface area contributed by atoms with Crippen LogP contribution in [0, 0.1) is 23.7 Å². The summed E-state index contributed by atoms with van der Waals surface area (Å²) in [5.41, 5.74) is 1.60. The van der Waals surface area contributed by atoms with Crippen LogP contribution in [0.2, 0.25) is 10.0 Å². The summed E-state index contributed by atoms with van der Waals surface area (Å²) in [4.78, 5) is 25.6. The van der Waals surface area contributed by atoms with Crippen molar-refractivity contribution in [1.29, 1.82) is 0 Å². The first-order valence-corrected chi connectivity index (χ1v) is 12.0. The van der Waals surface area contributed by atoms with Crippen LogP contribution in [-0.4, -0.2) is 23.0 Å². The SMILES string of the molecule is O=C1[C@@H]2[C@H](C(=O)N1N=Cc1cc(Cl)c(OCc3cccc4ccccc34)c(Cl)c1)[C@H]1C=C[C@H]2C1. The van der Waals surface area contributed by atoms with Crippen LogP contribution in [0.15, 0.2) is 71.9 Å². The predicted octanol–water partition coefficient (Wildman–Crippen LogP) is 5.87. The molecule has 0 spiro atoms. The molecule has 2 bridgehead atoms. The van der Waals surface area contributed by atoms with Gasteiger partial charge in [0, 0.05) is 0 Å². The zero-order valence-electron chi connectivity index (χ0n) is 18.0. The van der Waals surface area contributed by atoms with E-state index in [-0.39, 0.29) is 35.5 Å². The molecule has 34 heavy (non-hydrogen) atoms. The van der Waals surface area contributed by atoms with Crippen molar-refractivity contribution in [2.75, 3.05) is 0 Å². The zero-order valence-corrected chi connectivity index (χ0v) is 19.5. The van der Waals surface area contributed by atoms with E-state index in [1.165, 1.54) is 6.21 Å². The van der Waals surface area contributed by atoms with E-state index in [9.17, 15) is 9.59 Å². The van der Waals surface area contributed by atoms with Gasteiger partial charge in [-0.15, -0.1) is 0 Å². The van der Waals surface area contributed by atoms with E-state index in [0.29, 0.717) is 28.0 Å². The lowest BCUT2D eigenvalue weighted by molar-refractivity contribution is -0.140. The van der Waals surface area contributed by atoms with Gasteiger partial charge < -0.3 is 4.74 Å². The van der Waals surface area contributed by atoms with Crippen LogP contribution in [0.4, 0.5) is 0 Å². The van der Waals surface area contributed by atoms with Gasteiger partial charge >= 0.3 is 0 Å². The van der Waals surface area contributed by atoms with Gasteiger partial charge in [0.2, 0.25) is 0 Å². The van der Waals surface area contributed by atoms with Gasteiger partial charge in [0.05, 0.1) is 28.1 Å². The van der Waals surface area contributed by atoms with Gasteiger partial charge in [0.15, 0.2) is 5.75 Å². The van der Waals surface area contributed by atoms with Crippen molar-refractivity contribution in [3.05, 3.63) is 87.9 Å². The summed E-state index contributed by atoms with van der Waals surface area (Å²) >= 11 is 12.9. The average Bonchev–Trinajstić information content (AvgIpc) is 3.51. The first kappa shape index (κ1) is 21.4. The van der Waals surface area contributed by atoms with Crippen molar-refractivity contribution in [3.8, 4) is 5.75 Å². The van der Waals surface area contributed by atoms with E-state index >= 15 is 0 Å². The number of imide groups is 1. The van der Waals surface area contributed by atoms with Gasteiger partial charge in [-0.3, -0.25) is 9.59 Å². The Labute approximate surface area is 206 Å². The van der Waals surface area contributed by atoms with Crippen molar-refractivity contribution < 1.29 is 14.3 Å². The maximum atomic E-state index is 12.8. The molecule has 3 aliphatic rings. The van der Waals surface area contributed by atoms with Gasteiger partial charge in [0.25, 0.3) is 11.8 Å². The van der Waals surface area contributed by atoms with Gasteiger partial charge in [-0.05, 0) is 52.3 Å². The molecule has 7 heteroatoms. The monoisotopic (exact) mass is 490 g/mol. The fourth-order valence-corrected chi connectivity index (χ4v) is 6.10. The maximum Gasteiger partial charge on any atom is 0.254 e. The molecule has 170 valence electrons. The third-order valence-electron chi connectivity index (χ3n) is 7.04. The third kappa shape index (κ3) is 3.42. The van der Waals surface area contributed by atoms with E-state index in [0.717, 1.165) is 27.8 Å². The molecule has 3 aromatic carbocycles. The summed E-state index contributed by atoms with van der Waals surface area (Å²) in [7, 11) is 0. The van der Waals surface area contributed by atoms with Crippen molar-refractivity contribution in [3.63, 3.8) is 0 Å². The van der Waals surface area contributed by atoms with E-state index in [1.807, 2.05) is 30.3 Å². The van der Waals surface area contributed by atoms with Crippen LogP contribution >= 0.6 is 23.2 Å². The highest BCUT2D eigenvalue weighted by Gasteiger charge is 2.59. The molecule has 1 heterocycles. The van der Waals surface area contributed by atoms with E-state index < -0.39 is 0 Å². The molecule has 4 atom stereocenters. The second-order valence-electron chi connectivity index (χ2n) is 8.97. The Morgan fingerprint density at radius 1 is 0.941 bits per heavy atom. The molecular weight excluding hydrogens is 471 g/mol. The second-order valence-corrected chi connectivity index (χ2v) is 9.79. The zero-order chi connectivity index (χ0) is 23.4. The summed E-state index contributed by atoms with van der Waals surface area (Å²) in [6.07, 6.45) is 6.44. The number of hydrogen-bond donors (Lipinski definition) is 0. The van der Waals surface area contributed by atoms with Crippen LogP contribution in [0.3, 0.4) is 0 Å². The lowest BCUT2D eigenvalue weighted by Gasteiger charge is -2.13. The Kier molecular flexibility index (Phi) is 5.19. The summed E-state index contributed by atoms with van der Waals surface area (Å²) < 4.78 is 5.98.